The lowest BCUT2D eigenvalue weighted by molar-refractivity contribution is -0.384. The number of nitro groups is 1. The number of amides is 1. The smallest absolute Gasteiger partial charge is 0.358 e. The summed E-state index contributed by atoms with van der Waals surface area (Å²) in [6.45, 7) is 0. The van der Waals surface area contributed by atoms with Gasteiger partial charge in [0, 0.05) is 27.6 Å². The molecule has 0 aliphatic heterocycles. The van der Waals surface area contributed by atoms with Crippen LogP contribution in [0.2, 0.25) is 0 Å². The first-order valence-electron chi connectivity index (χ1n) is 9.79. The van der Waals surface area contributed by atoms with Gasteiger partial charge in [0.1, 0.15) is 5.69 Å². The van der Waals surface area contributed by atoms with Crippen LogP contribution in [0.5, 0.6) is 0 Å². The van der Waals surface area contributed by atoms with Gasteiger partial charge in [-0.25, -0.2) is 9.78 Å². The molecule has 33 heavy (non-hydrogen) atoms. The Morgan fingerprint density at radius 1 is 0.970 bits per heavy atom. The van der Waals surface area contributed by atoms with Crippen molar-refractivity contribution in [2.45, 2.75) is 6.10 Å². The fourth-order valence-corrected chi connectivity index (χ4v) is 3.63. The van der Waals surface area contributed by atoms with Crippen LogP contribution in [-0.4, -0.2) is 21.8 Å². The highest BCUT2D eigenvalue weighted by atomic mass is 79.9. The number of carbonyl (C=O) groups is 2. The molecule has 0 saturated carbocycles. The van der Waals surface area contributed by atoms with Gasteiger partial charge in [0.2, 0.25) is 6.10 Å². The van der Waals surface area contributed by atoms with Crippen molar-refractivity contribution in [2.24, 2.45) is 0 Å². The van der Waals surface area contributed by atoms with E-state index in [0.717, 1.165) is 5.39 Å². The van der Waals surface area contributed by atoms with Crippen LogP contribution in [0.15, 0.2) is 89.4 Å². The van der Waals surface area contributed by atoms with Gasteiger partial charge in [-0.3, -0.25) is 14.9 Å². The van der Waals surface area contributed by atoms with Crippen molar-refractivity contribution in [1.82, 2.24) is 4.98 Å². The molecule has 1 atom stereocenters. The number of ether oxygens (including phenoxy) is 1. The molecule has 1 N–H and O–H groups in total. The topological polar surface area (TPSA) is 111 Å². The summed E-state index contributed by atoms with van der Waals surface area (Å²) in [5, 5.41) is 14.5. The Kier molecular flexibility index (Phi) is 6.41. The molecule has 4 aromatic rings. The van der Waals surface area contributed by atoms with E-state index < -0.39 is 22.9 Å². The summed E-state index contributed by atoms with van der Waals surface area (Å²) in [7, 11) is 0. The molecule has 1 amide bonds. The molecule has 4 rings (SSSR count). The number of aromatic nitrogens is 1. The molecular formula is C24H16BrN3O5. The van der Waals surface area contributed by atoms with Crippen LogP contribution in [0, 0.1) is 10.1 Å². The number of nitrogens with one attached hydrogen (secondary N) is 1. The van der Waals surface area contributed by atoms with Gasteiger partial charge in [-0.1, -0.05) is 54.6 Å². The second kappa shape index (κ2) is 9.58. The number of pyridine rings is 1. The third-order valence-corrected chi connectivity index (χ3v) is 5.45. The molecule has 164 valence electrons. The van der Waals surface area contributed by atoms with Crippen molar-refractivity contribution in [3.8, 4) is 0 Å². The van der Waals surface area contributed by atoms with Gasteiger partial charge in [0.25, 0.3) is 11.6 Å². The molecule has 0 fully saturated rings. The minimum Gasteiger partial charge on any atom is -0.443 e. The largest absolute Gasteiger partial charge is 0.443 e. The van der Waals surface area contributed by atoms with Gasteiger partial charge in [-0.15, -0.1) is 0 Å². The van der Waals surface area contributed by atoms with E-state index in [-0.39, 0.29) is 11.4 Å². The highest BCUT2D eigenvalue weighted by Gasteiger charge is 2.27. The van der Waals surface area contributed by atoms with Crippen molar-refractivity contribution in [3.05, 3.63) is 111 Å². The Morgan fingerprint density at radius 2 is 1.70 bits per heavy atom. The van der Waals surface area contributed by atoms with Crippen molar-refractivity contribution >= 4 is 50.1 Å². The fraction of sp³-hybridized carbons (Fsp3) is 0.0417. The fourth-order valence-electron chi connectivity index (χ4n) is 3.17. The van der Waals surface area contributed by atoms with Gasteiger partial charge >= 0.3 is 5.97 Å². The zero-order valence-corrected chi connectivity index (χ0v) is 18.6. The number of halogens is 1. The molecule has 1 heterocycles. The number of nitro benzene ring substituents is 1. The number of hydrogen-bond acceptors (Lipinski definition) is 6. The maximum absolute atomic E-state index is 13.1. The summed E-state index contributed by atoms with van der Waals surface area (Å²) >= 11 is 3.22. The van der Waals surface area contributed by atoms with Crippen LogP contribution in [-0.2, 0) is 9.53 Å². The predicted molar refractivity (Wildman–Crippen MR) is 126 cm³/mol. The lowest BCUT2D eigenvalue weighted by atomic mass is 10.1. The zero-order chi connectivity index (χ0) is 23.4. The lowest BCUT2D eigenvalue weighted by Gasteiger charge is -2.18. The summed E-state index contributed by atoms with van der Waals surface area (Å²) in [5.74, 6) is -1.38. The number of esters is 1. The highest BCUT2D eigenvalue weighted by Crippen LogP contribution is 2.29. The van der Waals surface area contributed by atoms with E-state index in [0.29, 0.717) is 21.2 Å². The summed E-state index contributed by atoms with van der Waals surface area (Å²) < 4.78 is 5.89. The van der Waals surface area contributed by atoms with E-state index >= 15 is 0 Å². The number of nitrogens with zero attached hydrogens (tertiary/aromatic N) is 2. The number of fused-ring (bicyclic) bond motifs is 1. The first-order valence-corrected chi connectivity index (χ1v) is 10.6. The number of non-ortho nitro benzene ring substituents is 1. The van der Waals surface area contributed by atoms with E-state index in [1.54, 1.807) is 42.5 Å². The molecule has 3 aromatic carbocycles. The van der Waals surface area contributed by atoms with E-state index in [2.05, 4.69) is 26.2 Å². The molecule has 0 radical (unpaired) electrons. The second-order valence-corrected chi connectivity index (χ2v) is 7.85. The third-order valence-electron chi connectivity index (χ3n) is 4.79. The molecule has 1 aromatic heterocycles. The summed E-state index contributed by atoms with van der Waals surface area (Å²) in [5.41, 5.74) is 1.32. The molecule has 1 unspecified atom stereocenters. The maximum Gasteiger partial charge on any atom is 0.358 e. The minimum absolute atomic E-state index is 0.0685. The predicted octanol–water partition coefficient (Wildman–Crippen LogP) is 5.44. The van der Waals surface area contributed by atoms with E-state index in [1.807, 2.05) is 18.2 Å². The number of hydrogen-bond donors (Lipinski definition) is 1. The summed E-state index contributed by atoms with van der Waals surface area (Å²) in [4.78, 5) is 40.7. The molecule has 0 aliphatic rings. The number of benzene rings is 3. The van der Waals surface area contributed by atoms with Crippen LogP contribution >= 0.6 is 15.9 Å². The van der Waals surface area contributed by atoms with E-state index in [4.69, 9.17) is 4.74 Å². The Morgan fingerprint density at radius 3 is 2.42 bits per heavy atom. The van der Waals surface area contributed by atoms with E-state index in [1.165, 1.54) is 24.3 Å². The number of rotatable bonds is 6. The minimum atomic E-state index is -1.27. The molecule has 0 saturated heterocycles. The monoisotopic (exact) mass is 505 g/mol. The highest BCUT2D eigenvalue weighted by molar-refractivity contribution is 9.10. The third kappa shape index (κ3) is 5.04. The Hall–Kier alpha value is -4.11. The molecule has 9 heteroatoms. The number of anilines is 1. The van der Waals surface area contributed by atoms with Crippen molar-refractivity contribution < 1.29 is 19.2 Å². The van der Waals surface area contributed by atoms with Crippen LogP contribution in [0.25, 0.3) is 10.9 Å². The molecular weight excluding hydrogens is 490 g/mol. The maximum atomic E-state index is 13.1. The molecule has 0 bridgehead atoms. The molecule has 0 aliphatic carbocycles. The van der Waals surface area contributed by atoms with Crippen molar-refractivity contribution in [2.75, 3.05) is 5.32 Å². The number of carbonyl (C=O) groups excluding carboxylic acids is 2. The van der Waals surface area contributed by atoms with Gasteiger partial charge in [0.15, 0.2) is 0 Å². The average molecular weight is 506 g/mol. The first kappa shape index (κ1) is 22.1. The quantitative estimate of drug-likeness (QED) is 0.212. The molecule has 8 nitrogen and oxygen atoms in total. The van der Waals surface area contributed by atoms with Crippen LogP contribution in [0.4, 0.5) is 11.4 Å². The van der Waals surface area contributed by atoms with Gasteiger partial charge in [-0.05, 0) is 34.1 Å². The average Bonchev–Trinajstić information content (AvgIpc) is 2.83. The zero-order valence-electron chi connectivity index (χ0n) is 17.0. The second-order valence-electron chi connectivity index (χ2n) is 7.00. The SMILES string of the molecule is O=C(OC(C(=O)Nc1ccc([N+](=O)[O-])cc1Br)c1ccccc1)c1ccc2ccccc2n1. The van der Waals surface area contributed by atoms with Crippen molar-refractivity contribution in [1.29, 1.82) is 0 Å². The first-order chi connectivity index (χ1) is 15.9. The standard InChI is InChI=1S/C24H16BrN3O5/c25-18-14-17(28(31)32)11-13-20(18)27-23(29)22(16-7-2-1-3-8-16)33-24(30)21-12-10-15-6-4-5-9-19(15)26-21/h1-14,22H,(H,27,29). The summed E-state index contributed by atoms with van der Waals surface area (Å²) in [6.07, 6.45) is -1.27. The Bertz CT molecular complexity index is 1360. The van der Waals surface area contributed by atoms with Crippen LogP contribution < -0.4 is 5.32 Å². The van der Waals surface area contributed by atoms with Gasteiger partial charge in [-0.2, -0.15) is 0 Å². The lowest BCUT2D eigenvalue weighted by Crippen LogP contribution is -2.26. The van der Waals surface area contributed by atoms with Gasteiger partial charge < -0.3 is 10.1 Å². The Labute approximate surface area is 196 Å². The van der Waals surface area contributed by atoms with Crippen LogP contribution in [0.3, 0.4) is 0 Å². The number of para-hydroxylation sites is 1. The van der Waals surface area contributed by atoms with Crippen LogP contribution in [0.1, 0.15) is 22.2 Å². The van der Waals surface area contributed by atoms with Crippen molar-refractivity contribution in [3.63, 3.8) is 0 Å². The van der Waals surface area contributed by atoms with Gasteiger partial charge in [0.05, 0.1) is 16.1 Å². The molecule has 0 spiro atoms. The summed E-state index contributed by atoms with van der Waals surface area (Å²) in [6, 6.07) is 23.1. The van der Waals surface area contributed by atoms with E-state index in [9.17, 15) is 19.7 Å². The normalized spacial score (nSPS) is 11.5. The Balaban J connectivity index is 1.60.